The molecule has 21 heavy (non-hydrogen) atoms. The molecule has 0 unspecified atom stereocenters. The fourth-order valence-electron chi connectivity index (χ4n) is 1.96. The fourth-order valence-corrected chi connectivity index (χ4v) is 3.28. The van der Waals surface area contributed by atoms with Gasteiger partial charge in [-0.2, -0.15) is 0 Å². The molecule has 0 aliphatic carbocycles. The van der Waals surface area contributed by atoms with Gasteiger partial charge in [-0.1, -0.05) is 6.07 Å². The Morgan fingerprint density at radius 3 is 2.62 bits per heavy atom. The van der Waals surface area contributed by atoms with Gasteiger partial charge in [0.05, 0.1) is 12.2 Å². The molecule has 0 amide bonds. The van der Waals surface area contributed by atoms with Crippen LogP contribution in [0.25, 0.3) is 0 Å². The number of hydrogen-bond donors (Lipinski definition) is 2. The fraction of sp³-hybridized carbons (Fsp3) is 0.286. The van der Waals surface area contributed by atoms with Crippen molar-refractivity contribution in [3.8, 4) is 0 Å². The summed E-state index contributed by atoms with van der Waals surface area (Å²) in [6, 6.07) is 5.41. The van der Waals surface area contributed by atoms with E-state index in [4.69, 9.17) is 4.42 Å². The summed E-state index contributed by atoms with van der Waals surface area (Å²) < 4.78 is 45.8. The SMILES string of the molecule is CNCc1cc(S(=O)(=O)Nc2cc(F)ccc2C)c(C)o1. The van der Waals surface area contributed by atoms with E-state index in [-0.39, 0.29) is 10.6 Å². The molecule has 2 N–H and O–H groups in total. The number of furan rings is 1. The van der Waals surface area contributed by atoms with Crippen molar-refractivity contribution in [2.75, 3.05) is 11.8 Å². The molecule has 1 aromatic carbocycles. The third-order valence-corrected chi connectivity index (χ3v) is 4.48. The van der Waals surface area contributed by atoms with Gasteiger partial charge in [-0.25, -0.2) is 12.8 Å². The van der Waals surface area contributed by atoms with Crippen LogP contribution in [0.1, 0.15) is 17.1 Å². The number of benzene rings is 1. The van der Waals surface area contributed by atoms with Gasteiger partial charge < -0.3 is 9.73 Å². The Morgan fingerprint density at radius 1 is 1.24 bits per heavy atom. The van der Waals surface area contributed by atoms with Gasteiger partial charge in [0.1, 0.15) is 22.2 Å². The van der Waals surface area contributed by atoms with Crippen molar-refractivity contribution < 1.29 is 17.2 Å². The summed E-state index contributed by atoms with van der Waals surface area (Å²) >= 11 is 0. The lowest BCUT2D eigenvalue weighted by Crippen LogP contribution is -2.14. The first-order chi connectivity index (χ1) is 9.83. The van der Waals surface area contributed by atoms with Crippen LogP contribution in [0.5, 0.6) is 0 Å². The minimum Gasteiger partial charge on any atom is -0.464 e. The average Bonchev–Trinajstić information content (AvgIpc) is 2.76. The van der Waals surface area contributed by atoms with Crippen LogP contribution in [-0.4, -0.2) is 15.5 Å². The van der Waals surface area contributed by atoms with E-state index in [1.54, 1.807) is 20.9 Å². The Labute approximate surface area is 123 Å². The molecule has 1 heterocycles. The lowest BCUT2D eigenvalue weighted by Gasteiger charge is -2.09. The maximum atomic E-state index is 13.2. The van der Waals surface area contributed by atoms with Crippen molar-refractivity contribution in [2.24, 2.45) is 0 Å². The van der Waals surface area contributed by atoms with Crippen LogP contribution in [0.2, 0.25) is 0 Å². The third kappa shape index (κ3) is 3.43. The van der Waals surface area contributed by atoms with Crippen LogP contribution >= 0.6 is 0 Å². The van der Waals surface area contributed by atoms with Crippen molar-refractivity contribution in [3.63, 3.8) is 0 Å². The van der Waals surface area contributed by atoms with Gasteiger partial charge in [-0.05, 0) is 38.6 Å². The van der Waals surface area contributed by atoms with E-state index >= 15 is 0 Å². The van der Waals surface area contributed by atoms with E-state index in [9.17, 15) is 12.8 Å². The molecule has 2 aromatic rings. The first-order valence-corrected chi connectivity index (χ1v) is 7.84. The lowest BCUT2D eigenvalue weighted by molar-refractivity contribution is 0.466. The molecule has 0 aliphatic heterocycles. The molecule has 0 fully saturated rings. The van der Waals surface area contributed by atoms with Crippen LogP contribution < -0.4 is 10.0 Å². The highest BCUT2D eigenvalue weighted by Gasteiger charge is 2.22. The van der Waals surface area contributed by atoms with Crippen molar-refractivity contribution in [1.29, 1.82) is 0 Å². The molecule has 1 aromatic heterocycles. The second-order valence-corrected chi connectivity index (χ2v) is 6.38. The summed E-state index contributed by atoms with van der Waals surface area (Å²) in [6.45, 7) is 3.70. The average molecular weight is 312 g/mol. The molecular formula is C14H17FN2O3S. The normalized spacial score (nSPS) is 11.6. The van der Waals surface area contributed by atoms with Gasteiger partial charge >= 0.3 is 0 Å². The van der Waals surface area contributed by atoms with Gasteiger partial charge in [0.2, 0.25) is 0 Å². The zero-order chi connectivity index (χ0) is 15.6. The van der Waals surface area contributed by atoms with Crippen molar-refractivity contribution >= 4 is 15.7 Å². The zero-order valence-corrected chi connectivity index (χ0v) is 12.8. The van der Waals surface area contributed by atoms with Crippen molar-refractivity contribution in [3.05, 3.63) is 47.2 Å². The Bertz CT molecular complexity index is 754. The Kier molecular flexibility index (Phi) is 4.34. The van der Waals surface area contributed by atoms with Crippen LogP contribution in [-0.2, 0) is 16.6 Å². The molecule has 0 atom stereocenters. The largest absolute Gasteiger partial charge is 0.464 e. The number of hydrogen-bond acceptors (Lipinski definition) is 4. The van der Waals surface area contributed by atoms with Crippen molar-refractivity contribution in [2.45, 2.75) is 25.3 Å². The zero-order valence-electron chi connectivity index (χ0n) is 12.0. The summed E-state index contributed by atoms with van der Waals surface area (Å²) in [4.78, 5) is 0.0522. The first kappa shape index (κ1) is 15.5. The predicted octanol–water partition coefficient (Wildman–Crippen LogP) is 2.56. The van der Waals surface area contributed by atoms with Gasteiger partial charge in [-0.15, -0.1) is 0 Å². The second-order valence-electron chi connectivity index (χ2n) is 4.73. The van der Waals surface area contributed by atoms with Crippen LogP contribution in [0.3, 0.4) is 0 Å². The molecule has 5 nitrogen and oxygen atoms in total. The third-order valence-electron chi connectivity index (χ3n) is 3.01. The molecule has 0 saturated heterocycles. The Morgan fingerprint density at radius 2 is 1.95 bits per heavy atom. The molecule has 0 saturated carbocycles. The van der Waals surface area contributed by atoms with Crippen LogP contribution in [0.4, 0.5) is 10.1 Å². The first-order valence-electron chi connectivity index (χ1n) is 6.36. The summed E-state index contributed by atoms with van der Waals surface area (Å²) in [5.41, 5.74) is 0.849. The van der Waals surface area contributed by atoms with E-state index in [1.165, 1.54) is 18.2 Å². The smallest absolute Gasteiger partial charge is 0.265 e. The number of aryl methyl sites for hydroxylation is 2. The highest BCUT2D eigenvalue weighted by Crippen LogP contribution is 2.24. The monoisotopic (exact) mass is 312 g/mol. The molecule has 7 heteroatoms. The number of nitrogens with one attached hydrogen (secondary N) is 2. The molecule has 2 rings (SSSR count). The molecule has 0 radical (unpaired) electrons. The Balaban J connectivity index is 2.36. The molecule has 0 aliphatic rings. The number of anilines is 1. The summed E-state index contributed by atoms with van der Waals surface area (Å²) in [5, 5.41) is 2.88. The maximum absolute atomic E-state index is 13.2. The summed E-state index contributed by atoms with van der Waals surface area (Å²) in [5.74, 6) is 0.311. The molecule has 114 valence electrons. The minimum absolute atomic E-state index is 0.0522. The number of sulfonamides is 1. The van der Waals surface area contributed by atoms with E-state index in [0.717, 1.165) is 6.07 Å². The lowest BCUT2D eigenvalue weighted by atomic mass is 10.2. The summed E-state index contributed by atoms with van der Waals surface area (Å²) in [6.07, 6.45) is 0. The van der Waals surface area contributed by atoms with Gasteiger partial charge in [0.25, 0.3) is 10.0 Å². The second kappa shape index (κ2) is 5.87. The minimum atomic E-state index is -3.82. The van der Waals surface area contributed by atoms with Crippen LogP contribution in [0, 0.1) is 19.7 Å². The standard InChI is InChI=1S/C14H17FN2O3S/c1-9-4-5-11(15)6-13(9)17-21(18,19)14-7-12(8-16-3)20-10(14)2/h4-7,16-17H,8H2,1-3H3. The number of rotatable bonds is 5. The van der Waals surface area contributed by atoms with Crippen LogP contribution in [0.15, 0.2) is 33.6 Å². The molecular weight excluding hydrogens is 295 g/mol. The van der Waals surface area contributed by atoms with Crippen molar-refractivity contribution in [1.82, 2.24) is 5.32 Å². The van der Waals surface area contributed by atoms with E-state index < -0.39 is 15.8 Å². The quantitative estimate of drug-likeness (QED) is 0.890. The summed E-state index contributed by atoms with van der Waals surface area (Å²) in [7, 11) is -2.08. The highest BCUT2D eigenvalue weighted by molar-refractivity contribution is 7.92. The molecule has 0 bridgehead atoms. The maximum Gasteiger partial charge on any atom is 0.265 e. The molecule has 0 spiro atoms. The van der Waals surface area contributed by atoms with Gasteiger partial charge in [-0.3, -0.25) is 4.72 Å². The topological polar surface area (TPSA) is 71.3 Å². The van der Waals surface area contributed by atoms with E-state index in [0.29, 0.717) is 23.6 Å². The highest BCUT2D eigenvalue weighted by atomic mass is 32.2. The van der Waals surface area contributed by atoms with E-state index in [1.807, 2.05) is 0 Å². The predicted molar refractivity (Wildman–Crippen MR) is 78.2 cm³/mol. The Hall–Kier alpha value is -1.86. The van der Waals surface area contributed by atoms with Gasteiger partial charge in [0, 0.05) is 6.07 Å². The number of halogens is 1. The van der Waals surface area contributed by atoms with Gasteiger partial charge in [0.15, 0.2) is 0 Å². The van der Waals surface area contributed by atoms with E-state index in [2.05, 4.69) is 10.0 Å².